The molecular formula is C7H6Cl2FNO. The summed E-state index contributed by atoms with van der Waals surface area (Å²) < 4.78 is 13.1. The summed E-state index contributed by atoms with van der Waals surface area (Å²) in [6.45, 7) is -0.0643. The molecule has 0 atom stereocenters. The van der Waals surface area contributed by atoms with Gasteiger partial charge in [-0.05, 0) is 12.1 Å². The Morgan fingerprint density at radius 3 is 2.50 bits per heavy atom. The van der Waals surface area contributed by atoms with Crippen molar-refractivity contribution in [2.24, 2.45) is 0 Å². The number of halogens is 3. The third kappa shape index (κ3) is 1.87. The van der Waals surface area contributed by atoms with Crippen LogP contribution in [-0.4, -0.2) is 5.21 Å². The summed E-state index contributed by atoms with van der Waals surface area (Å²) in [6.07, 6.45) is 0. The fourth-order valence-corrected chi connectivity index (χ4v) is 1.20. The Morgan fingerprint density at radius 1 is 1.33 bits per heavy atom. The van der Waals surface area contributed by atoms with Gasteiger partial charge in [0, 0.05) is 10.6 Å². The molecule has 0 heterocycles. The lowest BCUT2D eigenvalue weighted by atomic mass is 10.2. The molecule has 0 aliphatic carbocycles. The molecule has 1 aromatic rings. The van der Waals surface area contributed by atoms with Crippen LogP contribution in [-0.2, 0) is 6.54 Å². The second kappa shape index (κ2) is 4.05. The van der Waals surface area contributed by atoms with Gasteiger partial charge in [0.15, 0.2) is 0 Å². The van der Waals surface area contributed by atoms with Crippen LogP contribution in [0, 0.1) is 5.82 Å². The van der Waals surface area contributed by atoms with Gasteiger partial charge in [-0.25, -0.2) is 9.87 Å². The molecule has 1 aromatic carbocycles. The minimum atomic E-state index is -0.606. The molecule has 0 aliphatic rings. The van der Waals surface area contributed by atoms with Crippen LogP contribution >= 0.6 is 23.2 Å². The molecular weight excluding hydrogens is 204 g/mol. The zero-order valence-corrected chi connectivity index (χ0v) is 7.45. The van der Waals surface area contributed by atoms with Gasteiger partial charge in [0.25, 0.3) is 0 Å². The molecule has 0 aliphatic heterocycles. The number of hydrogen-bond donors (Lipinski definition) is 2. The van der Waals surface area contributed by atoms with E-state index in [9.17, 15) is 4.39 Å². The predicted octanol–water partition coefficient (Wildman–Crippen LogP) is 2.61. The van der Waals surface area contributed by atoms with Crippen molar-refractivity contribution in [3.63, 3.8) is 0 Å². The van der Waals surface area contributed by atoms with Gasteiger partial charge in [-0.3, -0.25) is 0 Å². The summed E-state index contributed by atoms with van der Waals surface area (Å²) >= 11 is 11.1. The van der Waals surface area contributed by atoms with Crippen LogP contribution in [0.5, 0.6) is 0 Å². The van der Waals surface area contributed by atoms with E-state index in [0.29, 0.717) is 0 Å². The first-order valence-electron chi connectivity index (χ1n) is 3.16. The zero-order chi connectivity index (χ0) is 9.14. The van der Waals surface area contributed by atoms with E-state index >= 15 is 0 Å². The maximum Gasteiger partial charge on any atom is 0.147 e. The Labute approximate surface area is 78.9 Å². The Morgan fingerprint density at radius 2 is 1.92 bits per heavy atom. The molecule has 0 fully saturated rings. The highest BCUT2D eigenvalue weighted by atomic mass is 35.5. The van der Waals surface area contributed by atoms with Gasteiger partial charge in [0.2, 0.25) is 0 Å². The SMILES string of the molecule is ONCc1c(Cl)ccc(Cl)c1F. The molecule has 1 rings (SSSR count). The third-order valence-corrected chi connectivity index (χ3v) is 2.04. The summed E-state index contributed by atoms with van der Waals surface area (Å²) in [5.74, 6) is -0.606. The Kier molecular flexibility index (Phi) is 3.29. The summed E-state index contributed by atoms with van der Waals surface area (Å²) in [4.78, 5) is 0. The number of benzene rings is 1. The summed E-state index contributed by atoms with van der Waals surface area (Å²) in [6, 6.07) is 2.83. The zero-order valence-electron chi connectivity index (χ0n) is 5.94. The van der Waals surface area contributed by atoms with E-state index in [2.05, 4.69) is 0 Å². The minimum Gasteiger partial charge on any atom is -0.316 e. The lowest BCUT2D eigenvalue weighted by Crippen LogP contribution is -2.08. The van der Waals surface area contributed by atoms with Crippen molar-refractivity contribution >= 4 is 23.2 Å². The molecule has 2 nitrogen and oxygen atoms in total. The van der Waals surface area contributed by atoms with Crippen LogP contribution in [0.1, 0.15) is 5.56 Å². The number of nitrogens with one attached hydrogen (secondary N) is 1. The summed E-state index contributed by atoms with van der Waals surface area (Å²) in [7, 11) is 0. The van der Waals surface area contributed by atoms with Gasteiger partial charge in [0.05, 0.1) is 11.6 Å². The van der Waals surface area contributed by atoms with Crippen LogP contribution in [0.15, 0.2) is 12.1 Å². The Hall–Kier alpha value is -0.350. The quantitative estimate of drug-likeness (QED) is 0.580. The number of hydrogen-bond acceptors (Lipinski definition) is 2. The second-order valence-corrected chi connectivity index (χ2v) is 2.97. The maximum absolute atomic E-state index is 13.1. The van der Waals surface area contributed by atoms with Crippen molar-refractivity contribution in [3.05, 3.63) is 33.6 Å². The highest BCUT2D eigenvalue weighted by Gasteiger charge is 2.09. The van der Waals surface area contributed by atoms with E-state index in [4.69, 9.17) is 28.4 Å². The monoisotopic (exact) mass is 209 g/mol. The van der Waals surface area contributed by atoms with Gasteiger partial charge >= 0.3 is 0 Å². The van der Waals surface area contributed by atoms with Crippen molar-refractivity contribution in [2.75, 3.05) is 0 Å². The smallest absolute Gasteiger partial charge is 0.147 e. The molecule has 0 aromatic heterocycles. The van der Waals surface area contributed by atoms with E-state index in [1.54, 1.807) is 0 Å². The molecule has 0 unspecified atom stereocenters. The molecule has 0 bridgehead atoms. The standard InChI is InChI=1S/C7H6Cl2FNO/c8-5-1-2-6(9)7(10)4(5)3-11-12/h1-2,11-12H,3H2. The summed E-state index contributed by atoms with van der Waals surface area (Å²) in [5.41, 5.74) is 1.97. The summed E-state index contributed by atoms with van der Waals surface area (Å²) in [5, 5.41) is 8.57. The van der Waals surface area contributed by atoms with E-state index in [1.165, 1.54) is 12.1 Å². The Balaban J connectivity index is 3.14. The first-order chi connectivity index (χ1) is 5.66. The molecule has 2 N–H and O–H groups in total. The van der Waals surface area contributed by atoms with Gasteiger partial charge in [-0.1, -0.05) is 23.2 Å². The van der Waals surface area contributed by atoms with E-state index in [-0.39, 0.29) is 22.2 Å². The highest BCUT2D eigenvalue weighted by Crippen LogP contribution is 2.24. The van der Waals surface area contributed by atoms with Crippen LogP contribution in [0.25, 0.3) is 0 Å². The lowest BCUT2D eigenvalue weighted by Gasteiger charge is -2.04. The number of hydroxylamine groups is 1. The van der Waals surface area contributed by atoms with E-state index < -0.39 is 5.82 Å². The van der Waals surface area contributed by atoms with Gasteiger partial charge in [-0.15, -0.1) is 0 Å². The molecule has 12 heavy (non-hydrogen) atoms. The average Bonchev–Trinajstić information content (AvgIpc) is 2.06. The second-order valence-electron chi connectivity index (χ2n) is 2.16. The van der Waals surface area contributed by atoms with Gasteiger partial charge in [-0.2, -0.15) is 0 Å². The van der Waals surface area contributed by atoms with Crippen LogP contribution < -0.4 is 5.48 Å². The van der Waals surface area contributed by atoms with Gasteiger partial charge < -0.3 is 5.21 Å². The normalized spacial score (nSPS) is 10.3. The first kappa shape index (κ1) is 9.74. The molecule has 0 spiro atoms. The fourth-order valence-electron chi connectivity index (χ4n) is 0.810. The lowest BCUT2D eigenvalue weighted by molar-refractivity contribution is 0.160. The highest BCUT2D eigenvalue weighted by molar-refractivity contribution is 6.33. The molecule has 0 amide bonds. The van der Waals surface area contributed by atoms with E-state index in [1.807, 2.05) is 5.48 Å². The number of rotatable bonds is 2. The van der Waals surface area contributed by atoms with Gasteiger partial charge in [0.1, 0.15) is 5.82 Å². The predicted molar refractivity (Wildman–Crippen MR) is 45.0 cm³/mol. The van der Waals surface area contributed by atoms with Crippen molar-refractivity contribution in [1.82, 2.24) is 5.48 Å². The average molecular weight is 210 g/mol. The van der Waals surface area contributed by atoms with Crippen molar-refractivity contribution in [3.8, 4) is 0 Å². The van der Waals surface area contributed by atoms with Crippen molar-refractivity contribution in [2.45, 2.75) is 6.54 Å². The molecule has 0 saturated heterocycles. The third-order valence-electron chi connectivity index (χ3n) is 1.39. The van der Waals surface area contributed by atoms with Crippen LogP contribution in [0.2, 0.25) is 10.0 Å². The maximum atomic E-state index is 13.1. The van der Waals surface area contributed by atoms with Crippen molar-refractivity contribution in [1.29, 1.82) is 0 Å². The largest absolute Gasteiger partial charge is 0.316 e. The van der Waals surface area contributed by atoms with Crippen LogP contribution in [0.4, 0.5) is 4.39 Å². The van der Waals surface area contributed by atoms with Crippen LogP contribution in [0.3, 0.4) is 0 Å². The first-order valence-corrected chi connectivity index (χ1v) is 3.91. The molecule has 5 heteroatoms. The Bertz CT molecular complexity index is 293. The topological polar surface area (TPSA) is 32.3 Å². The minimum absolute atomic E-state index is 0.00958. The molecule has 0 radical (unpaired) electrons. The fraction of sp³-hybridized carbons (Fsp3) is 0.143. The molecule has 66 valence electrons. The molecule has 0 saturated carbocycles. The van der Waals surface area contributed by atoms with E-state index in [0.717, 1.165) is 0 Å². The van der Waals surface area contributed by atoms with Crippen molar-refractivity contribution < 1.29 is 9.60 Å².